The topological polar surface area (TPSA) is 20.3 Å². The van der Waals surface area contributed by atoms with E-state index in [2.05, 4.69) is 12.8 Å². The van der Waals surface area contributed by atoms with Gasteiger partial charge in [0.15, 0.2) is 0 Å². The minimum Gasteiger partial charge on any atom is -0.330 e. The van der Waals surface area contributed by atoms with Crippen LogP contribution in [0.25, 0.3) is 0 Å². The van der Waals surface area contributed by atoms with Gasteiger partial charge in [0, 0.05) is 6.54 Å². The highest BCUT2D eigenvalue weighted by Crippen LogP contribution is 2.40. The van der Waals surface area contributed by atoms with Gasteiger partial charge in [0.25, 0.3) is 0 Å². The Hall–Kier alpha value is -0.620. The van der Waals surface area contributed by atoms with Crippen LogP contribution in [0.4, 0.5) is 0 Å². The number of hydrogen-bond acceptors (Lipinski definition) is 2. The van der Waals surface area contributed by atoms with E-state index in [-0.39, 0.29) is 10.7 Å². The second kappa shape index (κ2) is 4.71. The number of terminal acetylenes is 1. The summed E-state index contributed by atoms with van der Waals surface area (Å²) >= 11 is 1.79. The largest absolute Gasteiger partial charge is 0.330 e. The van der Waals surface area contributed by atoms with Gasteiger partial charge in [-0.25, -0.2) is 0 Å². The summed E-state index contributed by atoms with van der Waals surface area (Å²) in [6.07, 6.45) is 10.0. The third-order valence-corrected chi connectivity index (χ3v) is 4.92. The van der Waals surface area contributed by atoms with Crippen LogP contribution >= 0.6 is 11.8 Å². The fourth-order valence-corrected chi connectivity index (χ4v) is 3.50. The Balaban J connectivity index is 2.00. The predicted molar refractivity (Wildman–Crippen MR) is 68.2 cm³/mol. The van der Waals surface area contributed by atoms with Gasteiger partial charge in [-0.3, -0.25) is 4.79 Å². The van der Waals surface area contributed by atoms with Crippen LogP contribution in [0, 0.1) is 18.3 Å². The molecule has 88 valence electrons. The molecule has 16 heavy (non-hydrogen) atoms. The van der Waals surface area contributed by atoms with Crippen molar-refractivity contribution >= 4 is 17.7 Å². The lowest BCUT2D eigenvalue weighted by Crippen LogP contribution is -2.44. The molecular weight excluding hydrogens is 218 g/mol. The summed E-state index contributed by atoms with van der Waals surface area (Å²) in [7, 11) is 0. The molecule has 0 bridgehead atoms. The average molecular weight is 237 g/mol. The molecule has 1 amide bonds. The highest BCUT2D eigenvalue weighted by atomic mass is 32.2. The maximum absolute atomic E-state index is 12.4. The van der Waals surface area contributed by atoms with Gasteiger partial charge in [0.05, 0.1) is 11.3 Å². The summed E-state index contributed by atoms with van der Waals surface area (Å²) in [6.45, 7) is 3.42. The summed E-state index contributed by atoms with van der Waals surface area (Å²) in [5.41, 5.74) is 0. The fourth-order valence-electron chi connectivity index (χ4n) is 2.22. The first-order chi connectivity index (χ1) is 7.65. The Bertz CT molecular complexity index is 310. The predicted octanol–water partition coefficient (Wildman–Crippen LogP) is 2.14. The van der Waals surface area contributed by atoms with Gasteiger partial charge in [0.2, 0.25) is 5.91 Å². The van der Waals surface area contributed by atoms with E-state index in [1.165, 1.54) is 12.8 Å². The Morgan fingerprint density at radius 3 is 2.88 bits per heavy atom. The van der Waals surface area contributed by atoms with Gasteiger partial charge in [-0.05, 0) is 44.3 Å². The monoisotopic (exact) mass is 237 g/mol. The molecule has 1 saturated heterocycles. The van der Waals surface area contributed by atoms with Crippen molar-refractivity contribution in [2.75, 3.05) is 18.8 Å². The van der Waals surface area contributed by atoms with Crippen molar-refractivity contribution in [1.29, 1.82) is 0 Å². The zero-order valence-electron chi connectivity index (χ0n) is 9.87. The molecule has 0 N–H and O–H groups in total. The summed E-state index contributed by atoms with van der Waals surface area (Å²) < 4.78 is -0.203. The molecule has 2 rings (SSSR count). The molecule has 0 spiro atoms. The molecule has 1 heterocycles. The molecule has 0 aromatic carbocycles. The van der Waals surface area contributed by atoms with Gasteiger partial charge >= 0.3 is 0 Å². The Morgan fingerprint density at radius 2 is 2.38 bits per heavy atom. The first-order valence-electron chi connectivity index (χ1n) is 6.02. The van der Waals surface area contributed by atoms with E-state index in [1.54, 1.807) is 11.8 Å². The average Bonchev–Trinajstić information content (AvgIpc) is 2.97. The van der Waals surface area contributed by atoms with Gasteiger partial charge in [-0.15, -0.1) is 18.2 Å². The Morgan fingerprint density at radius 1 is 1.62 bits per heavy atom. The number of rotatable bonds is 4. The number of thioether (sulfide) groups is 1. The van der Waals surface area contributed by atoms with Gasteiger partial charge in [-0.2, -0.15) is 0 Å². The minimum absolute atomic E-state index is 0.203. The van der Waals surface area contributed by atoms with Crippen molar-refractivity contribution in [3.8, 4) is 12.3 Å². The molecule has 2 aliphatic rings. The highest BCUT2D eigenvalue weighted by molar-refractivity contribution is 8.01. The molecule has 3 heteroatoms. The normalized spacial score (nSPS) is 28.8. The van der Waals surface area contributed by atoms with Crippen molar-refractivity contribution in [3.05, 3.63) is 0 Å². The number of amides is 1. The Kier molecular flexibility index (Phi) is 3.49. The van der Waals surface area contributed by atoms with Gasteiger partial charge in [0.1, 0.15) is 0 Å². The van der Waals surface area contributed by atoms with Crippen LogP contribution in [0.3, 0.4) is 0 Å². The van der Waals surface area contributed by atoms with Crippen LogP contribution in [0.15, 0.2) is 0 Å². The number of carbonyl (C=O) groups is 1. The number of nitrogens with zero attached hydrogens (tertiary/aromatic N) is 1. The van der Waals surface area contributed by atoms with Crippen LogP contribution in [0.5, 0.6) is 0 Å². The third-order valence-electron chi connectivity index (χ3n) is 3.42. The molecule has 1 saturated carbocycles. The highest BCUT2D eigenvalue weighted by Gasteiger charge is 2.41. The van der Waals surface area contributed by atoms with Crippen LogP contribution in [-0.4, -0.2) is 34.4 Å². The van der Waals surface area contributed by atoms with E-state index in [4.69, 9.17) is 6.42 Å². The molecule has 0 radical (unpaired) electrons. The molecule has 2 fully saturated rings. The number of carbonyl (C=O) groups excluding carboxylic acids is 1. The lowest BCUT2D eigenvalue weighted by molar-refractivity contribution is -0.133. The molecular formula is C13H19NOS. The summed E-state index contributed by atoms with van der Waals surface area (Å²) in [4.78, 5) is 14.3. The Labute approximate surface area is 102 Å². The van der Waals surface area contributed by atoms with E-state index in [0.717, 1.165) is 25.1 Å². The fraction of sp³-hybridized carbons (Fsp3) is 0.769. The van der Waals surface area contributed by atoms with Crippen molar-refractivity contribution in [2.45, 2.75) is 37.4 Å². The van der Waals surface area contributed by atoms with E-state index >= 15 is 0 Å². The van der Waals surface area contributed by atoms with Crippen molar-refractivity contribution in [2.24, 2.45) is 5.92 Å². The maximum atomic E-state index is 12.4. The first kappa shape index (κ1) is 11.9. The summed E-state index contributed by atoms with van der Waals surface area (Å²) in [6, 6.07) is 0. The second-order valence-electron chi connectivity index (χ2n) is 5.02. The zero-order valence-corrected chi connectivity index (χ0v) is 10.7. The lowest BCUT2D eigenvalue weighted by Gasteiger charge is -2.30. The van der Waals surface area contributed by atoms with Crippen molar-refractivity contribution in [3.63, 3.8) is 0 Å². The van der Waals surface area contributed by atoms with E-state index in [0.29, 0.717) is 12.5 Å². The van der Waals surface area contributed by atoms with Crippen LogP contribution in [0.2, 0.25) is 0 Å². The molecule has 1 aliphatic heterocycles. The van der Waals surface area contributed by atoms with Crippen LogP contribution < -0.4 is 0 Å². The summed E-state index contributed by atoms with van der Waals surface area (Å²) in [5, 5.41) is 0. The minimum atomic E-state index is -0.203. The molecule has 1 atom stereocenters. The second-order valence-corrected chi connectivity index (χ2v) is 6.61. The first-order valence-corrected chi connectivity index (χ1v) is 7.01. The SMILES string of the molecule is C#CCN(CC1CC1)C(=O)C1(C)CCCS1. The standard InChI is InChI=1S/C13H19NOS/c1-3-8-14(10-11-5-6-11)12(15)13(2)7-4-9-16-13/h1,11H,4-10H2,2H3. The maximum Gasteiger partial charge on any atom is 0.239 e. The van der Waals surface area contributed by atoms with Crippen molar-refractivity contribution < 1.29 is 4.79 Å². The van der Waals surface area contributed by atoms with E-state index < -0.39 is 0 Å². The molecule has 0 aromatic rings. The van der Waals surface area contributed by atoms with E-state index in [1.807, 2.05) is 4.90 Å². The van der Waals surface area contributed by atoms with E-state index in [9.17, 15) is 4.79 Å². The summed E-state index contributed by atoms with van der Waals surface area (Å²) in [5.74, 6) is 4.70. The zero-order chi connectivity index (χ0) is 11.6. The van der Waals surface area contributed by atoms with Crippen LogP contribution in [0.1, 0.15) is 32.6 Å². The quantitative estimate of drug-likeness (QED) is 0.698. The van der Waals surface area contributed by atoms with Crippen LogP contribution in [-0.2, 0) is 4.79 Å². The van der Waals surface area contributed by atoms with Gasteiger partial charge in [-0.1, -0.05) is 5.92 Å². The lowest BCUT2D eigenvalue weighted by atomic mass is 10.0. The van der Waals surface area contributed by atoms with Gasteiger partial charge < -0.3 is 4.90 Å². The molecule has 1 unspecified atom stereocenters. The molecule has 1 aliphatic carbocycles. The molecule has 2 nitrogen and oxygen atoms in total. The smallest absolute Gasteiger partial charge is 0.239 e. The van der Waals surface area contributed by atoms with Crippen molar-refractivity contribution in [1.82, 2.24) is 4.90 Å². The molecule has 0 aromatic heterocycles. The number of hydrogen-bond donors (Lipinski definition) is 0. The third kappa shape index (κ3) is 2.55.